The Balaban J connectivity index is 1.27. The number of likely N-dealkylation sites (N-methyl/N-ethyl adjacent to an activating group) is 1. The third kappa shape index (κ3) is 5.81. The SMILES string of the molecule is CCN1NC(C)=C(C(=O)OC)C1Cc1ccc(-c2ccccc2-c2nnn(C(c3ccccc3)(c3ccccc3)c3ccccc3)n2)cc1. The van der Waals surface area contributed by atoms with E-state index in [2.05, 4.69) is 84.1 Å². The van der Waals surface area contributed by atoms with Crippen molar-refractivity contribution in [1.29, 1.82) is 0 Å². The number of rotatable bonds is 10. The molecule has 0 fully saturated rings. The number of esters is 1. The van der Waals surface area contributed by atoms with Crippen LogP contribution >= 0.6 is 0 Å². The van der Waals surface area contributed by atoms with E-state index in [1.54, 1.807) is 4.80 Å². The van der Waals surface area contributed by atoms with Crippen molar-refractivity contribution in [3.63, 3.8) is 0 Å². The molecule has 2 heterocycles. The molecule has 7 rings (SSSR count). The Labute approximate surface area is 286 Å². The zero-order valence-electron chi connectivity index (χ0n) is 27.8. The van der Waals surface area contributed by atoms with Gasteiger partial charge in [0.05, 0.1) is 18.7 Å². The molecule has 49 heavy (non-hydrogen) atoms. The number of nitrogens with zero attached hydrogens (tertiary/aromatic N) is 5. The van der Waals surface area contributed by atoms with Crippen molar-refractivity contribution in [1.82, 2.24) is 30.6 Å². The number of ether oxygens (including phenoxy) is 1. The second kappa shape index (κ2) is 13.7. The van der Waals surface area contributed by atoms with Gasteiger partial charge in [0.15, 0.2) is 5.54 Å². The number of methoxy groups -OCH3 is 1. The summed E-state index contributed by atoms with van der Waals surface area (Å²) in [4.78, 5) is 14.4. The first kappa shape index (κ1) is 31.7. The van der Waals surface area contributed by atoms with Crippen LogP contribution in [-0.2, 0) is 21.5 Å². The molecular formula is C41H38N6O2. The number of hydrogen-bond donors (Lipinski definition) is 1. The largest absolute Gasteiger partial charge is 0.466 e. The molecule has 0 radical (unpaired) electrons. The van der Waals surface area contributed by atoms with E-state index in [0.29, 0.717) is 17.8 Å². The van der Waals surface area contributed by atoms with Gasteiger partial charge in [-0.15, -0.1) is 15.0 Å². The summed E-state index contributed by atoms with van der Waals surface area (Å²) in [6, 6.07) is 47.6. The molecule has 0 bridgehead atoms. The Hall–Kier alpha value is -5.86. The Morgan fingerprint density at radius 3 is 1.82 bits per heavy atom. The van der Waals surface area contributed by atoms with Gasteiger partial charge in [-0.1, -0.05) is 146 Å². The number of carbonyl (C=O) groups is 1. The molecule has 244 valence electrons. The molecule has 5 aromatic carbocycles. The lowest BCUT2D eigenvalue weighted by atomic mass is 9.77. The maximum Gasteiger partial charge on any atom is 0.337 e. The molecule has 1 aromatic heterocycles. The quantitative estimate of drug-likeness (QED) is 0.126. The van der Waals surface area contributed by atoms with Crippen LogP contribution in [0.25, 0.3) is 22.5 Å². The van der Waals surface area contributed by atoms with E-state index in [4.69, 9.17) is 20.1 Å². The monoisotopic (exact) mass is 646 g/mol. The molecule has 1 unspecified atom stereocenters. The van der Waals surface area contributed by atoms with Crippen molar-refractivity contribution in [2.75, 3.05) is 13.7 Å². The van der Waals surface area contributed by atoms with Crippen molar-refractivity contribution in [2.24, 2.45) is 0 Å². The number of nitrogens with one attached hydrogen (secondary N) is 1. The predicted octanol–water partition coefficient (Wildman–Crippen LogP) is 7.05. The molecule has 8 heteroatoms. The molecular weight excluding hydrogens is 608 g/mol. The minimum absolute atomic E-state index is 0.117. The number of hydrazine groups is 1. The van der Waals surface area contributed by atoms with Crippen LogP contribution < -0.4 is 5.43 Å². The summed E-state index contributed by atoms with van der Waals surface area (Å²) in [7, 11) is 1.43. The van der Waals surface area contributed by atoms with Crippen LogP contribution in [0, 0.1) is 0 Å². The van der Waals surface area contributed by atoms with Gasteiger partial charge in [0.2, 0.25) is 5.82 Å². The Kier molecular flexibility index (Phi) is 8.87. The van der Waals surface area contributed by atoms with E-state index >= 15 is 0 Å². The number of hydrogen-bond acceptors (Lipinski definition) is 7. The van der Waals surface area contributed by atoms with Crippen LogP contribution in [0.2, 0.25) is 0 Å². The standard InChI is InChI=1S/C41H38N6O2/c1-4-46-37(38(29(2)43-46)40(48)49-3)28-30-24-26-31(27-25-30)35-22-14-15-23-36(35)39-42-45-47(44-39)41(32-16-8-5-9-17-32,33-18-10-6-11-19-33)34-20-12-7-13-21-34/h5-27,37,43H,4,28H2,1-3H3. The fourth-order valence-electron chi connectivity index (χ4n) is 6.99. The fraction of sp³-hybridized carbons (Fsp3) is 0.171. The maximum absolute atomic E-state index is 12.6. The van der Waals surface area contributed by atoms with E-state index in [9.17, 15) is 4.79 Å². The van der Waals surface area contributed by atoms with Crippen LogP contribution in [0.1, 0.15) is 36.1 Å². The van der Waals surface area contributed by atoms with Gasteiger partial charge >= 0.3 is 5.97 Å². The molecule has 8 nitrogen and oxygen atoms in total. The van der Waals surface area contributed by atoms with Crippen LogP contribution in [0.4, 0.5) is 0 Å². The van der Waals surface area contributed by atoms with Gasteiger partial charge < -0.3 is 10.2 Å². The number of carbonyl (C=O) groups excluding carboxylic acids is 1. The first-order valence-electron chi connectivity index (χ1n) is 16.5. The van der Waals surface area contributed by atoms with Gasteiger partial charge in [0.25, 0.3) is 0 Å². The molecule has 1 N–H and O–H groups in total. The molecule has 1 aliphatic heterocycles. The minimum Gasteiger partial charge on any atom is -0.466 e. The molecule has 0 aliphatic carbocycles. The molecule has 1 aliphatic rings. The second-order valence-electron chi connectivity index (χ2n) is 12.1. The van der Waals surface area contributed by atoms with Crippen LogP contribution in [0.3, 0.4) is 0 Å². The van der Waals surface area contributed by atoms with Crippen LogP contribution in [-0.4, -0.2) is 50.9 Å². The highest BCUT2D eigenvalue weighted by Crippen LogP contribution is 2.40. The maximum atomic E-state index is 12.6. The van der Waals surface area contributed by atoms with Crippen molar-refractivity contribution in [3.05, 3.63) is 173 Å². The van der Waals surface area contributed by atoms with Gasteiger partial charge in [0, 0.05) is 17.8 Å². The Morgan fingerprint density at radius 2 is 1.29 bits per heavy atom. The summed E-state index contributed by atoms with van der Waals surface area (Å²) < 4.78 is 5.11. The molecule has 1 atom stereocenters. The highest BCUT2D eigenvalue weighted by atomic mass is 16.5. The molecule has 0 saturated heterocycles. The number of tetrazole rings is 1. The first-order chi connectivity index (χ1) is 24.0. The van der Waals surface area contributed by atoms with E-state index in [1.165, 1.54) is 7.11 Å². The van der Waals surface area contributed by atoms with Gasteiger partial charge in [-0.3, -0.25) is 0 Å². The minimum atomic E-state index is -0.858. The van der Waals surface area contributed by atoms with Gasteiger partial charge in [0.1, 0.15) is 0 Å². The van der Waals surface area contributed by atoms with Crippen molar-refractivity contribution >= 4 is 5.97 Å². The van der Waals surface area contributed by atoms with E-state index in [1.807, 2.05) is 79.7 Å². The fourth-order valence-corrected chi connectivity index (χ4v) is 6.99. The first-order valence-corrected chi connectivity index (χ1v) is 16.5. The van der Waals surface area contributed by atoms with E-state index in [-0.39, 0.29) is 12.0 Å². The molecule has 0 amide bonds. The smallest absolute Gasteiger partial charge is 0.337 e. The lowest BCUT2D eigenvalue weighted by Crippen LogP contribution is -2.41. The summed E-state index contributed by atoms with van der Waals surface area (Å²) >= 11 is 0. The molecule has 6 aromatic rings. The normalized spacial score (nSPS) is 14.9. The lowest BCUT2D eigenvalue weighted by molar-refractivity contribution is -0.136. The summed E-state index contributed by atoms with van der Waals surface area (Å²) in [6.07, 6.45) is 0.668. The summed E-state index contributed by atoms with van der Waals surface area (Å²) in [5.41, 5.74) is 11.1. The third-order valence-electron chi connectivity index (χ3n) is 9.32. The van der Waals surface area contributed by atoms with Gasteiger partial charge in [-0.2, -0.15) is 0 Å². The third-order valence-corrected chi connectivity index (χ3v) is 9.32. The summed E-state index contributed by atoms with van der Waals surface area (Å²) in [5.74, 6) is 0.235. The number of aromatic nitrogens is 4. The van der Waals surface area contributed by atoms with E-state index in [0.717, 1.165) is 51.2 Å². The topological polar surface area (TPSA) is 85.2 Å². The second-order valence-corrected chi connectivity index (χ2v) is 12.1. The Bertz CT molecular complexity index is 1980. The van der Waals surface area contributed by atoms with Gasteiger partial charge in [-0.25, -0.2) is 9.80 Å². The molecule has 0 spiro atoms. The average molecular weight is 647 g/mol. The predicted molar refractivity (Wildman–Crippen MR) is 191 cm³/mol. The summed E-state index contributed by atoms with van der Waals surface area (Å²) in [5, 5.41) is 16.7. The van der Waals surface area contributed by atoms with E-state index < -0.39 is 5.54 Å². The van der Waals surface area contributed by atoms with Crippen molar-refractivity contribution < 1.29 is 9.53 Å². The number of benzene rings is 5. The zero-order chi connectivity index (χ0) is 33.8. The van der Waals surface area contributed by atoms with Crippen molar-refractivity contribution in [2.45, 2.75) is 31.8 Å². The average Bonchev–Trinajstić information content (AvgIpc) is 3.78. The molecule has 0 saturated carbocycles. The van der Waals surface area contributed by atoms with Crippen LogP contribution in [0.15, 0.2) is 151 Å². The number of allylic oxidation sites excluding steroid dienone is 1. The zero-order valence-corrected chi connectivity index (χ0v) is 27.8. The highest BCUT2D eigenvalue weighted by molar-refractivity contribution is 5.91. The Morgan fingerprint density at radius 1 is 0.755 bits per heavy atom. The van der Waals surface area contributed by atoms with Crippen molar-refractivity contribution in [3.8, 4) is 22.5 Å². The lowest BCUT2D eigenvalue weighted by Gasteiger charge is -2.34. The van der Waals surface area contributed by atoms with Crippen LogP contribution in [0.5, 0.6) is 0 Å². The summed E-state index contributed by atoms with van der Waals surface area (Å²) in [6.45, 7) is 4.74. The van der Waals surface area contributed by atoms with Gasteiger partial charge in [-0.05, 0) is 51.9 Å². The highest BCUT2D eigenvalue weighted by Gasteiger charge is 2.41.